The van der Waals surface area contributed by atoms with Crippen LogP contribution in [0.15, 0.2) is 0 Å². The Morgan fingerprint density at radius 3 is 2.43 bits per heavy atom. The fraction of sp³-hybridized carbons (Fsp3) is 1.00. The lowest BCUT2D eigenvalue weighted by atomic mass is 10.1. The highest BCUT2D eigenvalue weighted by atomic mass is 19.1. The van der Waals surface area contributed by atoms with E-state index in [1.807, 2.05) is 6.92 Å². The summed E-state index contributed by atoms with van der Waals surface area (Å²) in [7, 11) is 0. The smallest absolute Gasteiger partial charge is 0.0897 e. The molecule has 0 fully saturated rings. The zero-order valence-electron chi connectivity index (χ0n) is 4.65. The summed E-state index contributed by atoms with van der Waals surface area (Å²) in [5.41, 5.74) is 5.19. The summed E-state index contributed by atoms with van der Waals surface area (Å²) >= 11 is 0. The summed E-state index contributed by atoms with van der Waals surface area (Å²) in [4.78, 5) is 0. The summed E-state index contributed by atoms with van der Waals surface area (Å²) in [5, 5.41) is 0. The van der Waals surface area contributed by atoms with E-state index in [1.165, 1.54) is 0 Å². The Bertz CT molecular complexity index is 39.1. The number of nitrogens with two attached hydrogens (primary N) is 1. The third kappa shape index (κ3) is 3.73. The van der Waals surface area contributed by atoms with Crippen molar-refractivity contribution in [2.75, 3.05) is 13.2 Å². The van der Waals surface area contributed by atoms with Crippen LogP contribution in [-0.4, -0.2) is 13.2 Å². The highest BCUT2D eigenvalue weighted by molar-refractivity contribution is 4.49. The van der Waals surface area contributed by atoms with Crippen LogP contribution >= 0.6 is 0 Å². The number of rotatable bonds is 3. The molecule has 0 unspecified atom stereocenters. The van der Waals surface area contributed by atoms with E-state index < -0.39 is 0 Å². The Hall–Kier alpha value is -0.110. The van der Waals surface area contributed by atoms with Gasteiger partial charge in [0, 0.05) is 0 Å². The van der Waals surface area contributed by atoms with Gasteiger partial charge in [0.05, 0.1) is 6.67 Å². The molecule has 0 bridgehead atoms. The fourth-order valence-electron chi connectivity index (χ4n) is 0.304. The lowest BCUT2D eigenvalue weighted by Crippen LogP contribution is -2.10. The predicted octanol–water partition coefficient (Wildman–Crippen LogP) is 0.941. The molecule has 44 valence electrons. The average molecular weight is 105 g/mol. The van der Waals surface area contributed by atoms with Gasteiger partial charge in [-0.3, -0.25) is 4.39 Å². The lowest BCUT2D eigenvalue weighted by Gasteiger charge is -2.01. The van der Waals surface area contributed by atoms with E-state index >= 15 is 0 Å². The van der Waals surface area contributed by atoms with Crippen molar-refractivity contribution in [3.8, 4) is 0 Å². The van der Waals surface area contributed by atoms with Crippen molar-refractivity contribution in [3.05, 3.63) is 0 Å². The van der Waals surface area contributed by atoms with Crippen molar-refractivity contribution in [1.82, 2.24) is 0 Å². The molecule has 0 heterocycles. The predicted molar refractivity (Wildman–Crippen MR) is 28.8 cm³/mol. The highest BCUT2D eigenvalue weighted by Gasteiger charge is 1.94. The standard InChI is InChI=1S/C5H12FN/c1-5(4-7)2-3-6/h5H,2-4,7H2,1H3/t5-/m1/s1. The second-order valence-corrected chi connectivity index (χ2v) is 1.82. The van der Waals surface area contributed by atoms with Gasteiger partial charge in [-0.2, -0.15) is 0 Å². The molecule has 2 heteroatoms. The maximum Gasteiger partial charge on any atom is 0.0897 e. The molecule has 0 aromatic heterocycles. The fourth-order valence-corrected chi connectivity index (χ4v) is 0.304. The molecule has 1 nitrogen and oxygen atoms in total. The Labute approximate surface area is 43.7 Å². The molecule has 2 N–H and O–H groups in total. The van der Waals surface area contributed by atoms with E-state index in [9.17, 15) is 4.39 Å². The molecule has 0 aliphatic carbocycles. The van der Waals surface area contributed by atoms with Crippen LogP contribution in [-0.2, 0) is 0 Å². The molecule has 0 amide bonds. The largest absolute Gasteiger partial charge is 0.330 e. The summed E-state index contributed by atoms with van der Waals surface area (Å²) in [6, 6.07) is 0. The minimum absolute atomic E-state index is 0.238. The first-order valence-electron chi connectivity index (χ1n) is 2.57. The first-order valence-corrected chi connectivity index (χ1v) is 2.57. The molecule has 0 aromatic rings. The van der Waals surface area contributed by atoms with Crippen LogP contribution in [0.3, 0.4) is 0 Å². The van der Waals surface area contributed by atoms with E-state index in [1.54, 1.807) is 0 Å². The monoisotopic (exact) mass is 105 g/mol. The minimum Gasteiger partial charge on any atom is -0.330 e. The second kappa shape index (κ2) is 4.06. The van der Waals surface area contributed by atoms with E-state index in [4.69, 9.17) is 5.73 Å². The van der Waals surface area contributed by atoms with Crippen molar-refractivity contribution in [2.24, 2.45) is 11.7 Å². The summed E-state index contributed by atoms with van der Waals surface area (Å²) in [6.07, 6.45) is 0.608. The molecule has 0 radical (unpaired) electrons. The molecular weight excluding hydrogens is 93.1 g/mol. The minimum atomic E-state index is -0.238. The zero-order valence-corrected chi connectivity index (χ0v) is 4.65. The SMILES string of the molecule is C[C@@H](CN)CCF. The summed E-state index contributed by atoms with van der Waals surface area (Å²) < 4.78 is 11.4. The average Bonchev–Trinajstić information content (AvgIpc) is 1.68. The molecule has 7 heavy (non-hydrogen) atoms. The topological polar surface area (TPSA) is 26.0 Å². The van der Waals surface area contributed by atoms with Gasteiger partial charge in [-0.15, -0.1) is 0 Å². The number of hydrogen-bond acceptors (Lipinski definition) is 1. The van der Waals surface area contributed by atoms with Gasteiger partial charge in [0.1, 0.15) is 0 Å². The first kappa shape index (κ1) is 6.89. The molecule has 0 aliphatic heterocycles. The molecule has 0 aromatic carbocycles. The van der Waals surface area contributed by atoms with Crippen molar-refractivity contribution in [3.63, 3.8) is 0 Å². The van der Waals surface area contributed by atoms with Crippen LogP contribution in [0.4, 0.5) is 4.39 Å². The van der Waals surface area contributed by atoms with Crippen LogP contribution in [0.5, 0.6) is 0 Å². The van der Waals surface area contributed by atoms with Crippen LogP contribution in [0.2, 0.25) is 0 Å². The highest BCUT2D eigenvalue weighted by Crippen LogP contribution is 1.96. The number of halogens is 1. The number of alkyl halides is 1. The molecule has 0 aliphatic rings. The lowest BCUT2D eigenvalue weighted by molar-refractivity contribution is 0.408. The maximum absolute atomic E-state index is 11.4. The molecule has 0 spiro atoms. The van der Waals surface area contributed by atoms with Crippen LogP contribution in [0, 0.1) is 5.92 Å². The van der Waals surface area contributed by atoms with Gasteiger partial charge in [-0.1, -0.05) is 6.92 Å². The first-order chi connectivity index (χ1) is 3.31. The number of hydrogen-bond donors (Lipinski definition) is 1. The van der Waals surface area contributed by atoms with Gasteiger partial charge >= 0.3 is 0 Å². The summed E-state index contributed by atoms with van der Waals surface area (Å²) in [6.45, 7) is 2.31. The Morgan fingerprint density at radius 2 is 2.29 bits per heavy atom. The maximum atomic E-state index is 11.4. The van der Waals surface area contributed by atoms with Crippen LogP contribution in [0.25, 0.3) is 0 Å². The normalized spacial score (nSPS) is 14.1. The Kier molecular flexibility index (Phi) is 4.00. The summed E-state index contributed by atoms with van der Waals surface area (Å²) in [5.74, 6) is 0.352. The van der Waals surface area contributed by atoms with Crippen molar-refractivity contribution in [2.45, 2.75) is 13.3 Å². The quantitative estimate of drug-likeness (QED) is 0.568. The van der Waals surface area contributed by atoms with E-state index in [2.05, 4.69) is 0 Å². The molecule has 0 rings (SSSR count). The van der Waals surface area contributed by atoms with Crippen molar-refractivity contribution >= 4 is 0 Å². The third-order valence-corrected chi connectivity index (χ3v) is 1.00. The van der Waals surface area contributed by atoms with E-state index in [0.29, 0.717) is 18.9 Å². The Balaban J connectivity index is 2.83. The molecule has 0 saturated heterocycles. The van der Waals surface area contributed by atoms with Gasteiger partial charge in [0.2, 0.25) is 0 Å². The van der Waals surface area contributed by atoms with Crippen LogP contribution < -0.4 is 5.73 Å². The second-order valence-electron chi connectivity index (χ2n) is 1.82. The molecule has 1 atom stereocenters. The van der Waals surface area contributed by atoms with Crippen molar-refractivity contribution < 1.29 is 4.39 Å². The van der Waals surface area contributed by atoms with Crippen molar-refractivity contribution in [1.29, 1.82) is 0 Å². The Morgan fingerprint density at radius 1 is 1.71 bits per heavy atom. The van der Waals surface area contributed by atoms with Gasteiger partial charge < -0.3 is 5.73 Å². The third-order valence-electron chi connectivity index (χ3n) is 1.00. The van der Waals surface area contributed by atoms with E-state index in [0.717, 1.165) is 0 Å². The van der Waals surface area contributed by atoms with E-state index in [-0.39, 0.29) is 6.67 Å². The van der Waals surface area contributed by atoms with Crippen LogP contribution in [0.1, 0.15) is 13.3 Å². The van der Waals surface area contributed by atoms with Gasteiger partial charge in [0.15, 0.2) is 0 Å². The zero-order chi connectivity index (χ0) is 5.70. The van der Waals surface area contributed by atoms with Gasteiger partial charge in [-0.05, 0) is 18.9 Å². The molecule has 0 saturated carbocycles. The molecular formula is C5H12FN. The van der Waals surface area contributed by atoms with Gasteiger partial charge in [0.25, 0.3) is 0 Å². The van der Waals surface area contributed by atoms with Gasteiger partial charge in [-0.25, -0.2) is 0 Å².